The van der Waals surface area contributed by atoms with Crippen molar-refractivity contribution < 1.29 is 8.42 Å². The highest BCUT2D eigenvalue weighted by atomic mass is 32.2. The van der Waals surface area contributed by atoms with Gasteiger partial charge in [-0.3, -0.25) is 0 Å². The van der Waals surface area contributed by atoms with E-state index in [2.05, 4.69) is 0 Å². The zero-order valence-corrected chi connectivity index (χ0v) is 10.1. The molecule has 2 N–H and O–H groups in total. The maximum atomic E-state index is 11.4. The van der Waals surface area contributed by atoms with Crippen molar-refractivity contribution in [3.63, 3.8) is 0 Å². The first-order valence-electron chi connectivity index (χ1n) is 4.83. The highest BCUT2D eigenvalue weighted by Crippen LogP contribution is 2.19. The molecule has 0 unspecified atom stereocenters. The normalized spacial score (nSPS) is 16.0. The molecule has 0 spiro atoms. The first-order chi connectivity index (χ1) is 6.82. The summed E-state index contributed by atoms with van der Waals surface area (Å²) < 4.78 is 22.7. The van der Waals surface area contributed by atoms with Crippen LogP contribution in [-0.2, 0) is 9.84 Å². The maximum absolute atomic E-state index is 11.4. The van der Waals surface area contributed by atoms with Crippen LogP contribution in [0.25, 0.3) is 0 Å². The van der Waals surface area contributed by atoms with Gasteiger partial charge < -0.3 is 5.73 Å². The monoisotopic (exact) mass is 227 g/mol. The molecular weight excluding hydrogens is 210 g/mol. The highest BCUT2D eigenvalue weighted by molar-refractivity contribution is 7.91. The fourth-order valence-corrected chi connectivity index (χ4v) is 2.10. The summed E-state index contributed by atoms with van der Waals surface area (Å²) in [6.07, 6.45) is 1.22. The first-order valence-corrected chi connectivity index (χ1v) is 6.79. The molecule has 0 fully saturated rings. The van der Waals surface area contributed by atoms with Crippen LogP contribution in [0.5, 0.6) is 0 Å². The van der Waals surface area contributed by atoms with Gasteiger partial charge in [0.05, 0.1) is 5.25 Å². The molecule has 4 heteroatoms. The van der Waals surface area contributed by atoms with Crippen LogP contribution in [0.15, 0.2) is 24.3 Å². The maximum Gasteiger partial charge on any atom is 0.151 e. The van der Waals surface area contributed by atoms with Gasteiger partial charge in [0, 0.05) is 12.3 Å². The van der Waals surface area contributed by atoms with Crippen molar-refractivity contribution in [1.29, 1.82) is 0 Å². The molecule has 0 bridgehead atoms. The van der Waals surface area contributed by atoms with Crippen LogP contribution in [0.4, 0.5) is 0 Å². The average Bonchev–Trinajstić information content (AvgIpc) is 2.14. The second-order valence-corrected chi connectivity index (χ2v) is 6.38. The smallest absolute Gasteiger partial charge is 0.151 e. The van der Waals surface area contributed by atoms with E-state index in [0.717, 1.165) is 11.1 Å². The largest absolute Gasteiger partial charge is 0.323 e. The van der Waals surface area contributed by atoms with Crippen molar-refractivity contribution in [1.82, 2.24) is 0 Å². The number of aryl methyl sites for hydroxylation is 1. The Morgan fingerprint density at radius 3 is 2.40 bits per heavy atom. The van der Waals surface area contributed by atoms with Crippen LogP contribution in [0.1, 0.15) is 24.1 Å². The van der Waals surface area contributed by atoms with E-state index in [1.807, 2.05) is 31.2 Å². The van der Waals surface area contributed by atoms with E-state index < -0.39 is 21.1 Å². The molecule has 0 aliphatic rings. The summed E-state index contributed by atoms with van der Waals surface area (Å²) in [4.78, 5) is 0. The van der Waals surface area contributed by atoms with E-state index in [1.54, 1.807) is 6.92 Å². The van der Waals surface area contributed by atoms with Gasteiger partial charge in [-0.2, -0.15) is 0 Å². The van der Waals surface area contributed by atoms with E-state index in [9.17, 15) is 8.42 Å². The topological polar surface area (TPSA) is 60.2 Å². The standard InChI is InChI=1S/C11H17NO2S/c1-8-5-4-6-10(7-8)11(12)9(2)15(3,13)14/h4-7,9,11H,12H2,1-3H3/t9-,11-/m0/s1. The van der Waals surface area contributed by atoms with Crippen molar-refractivity contribution in [3.05, 3.63) is 35.4 Å². The van der Waals surface area contributed by atoms with Crippen LogP contribution >= 0.6 is 0 Å². The van der Waals surface area contributed by atoms with Gasteiger partial charge in [0.25, 0.3) is 0 Å². The lowest BCUT2D eigenvalue weighted by atomic mass is 10.0. The molecule has 3 nitrogen and oxygen atoms in total. The number of hydrogen-bond acceptors (Lipinski definition) is 3. The predicted octanol–water partition coefficient (Wildman–Crippen LogP) is 1.43. The third-order valence-corrected chi connectivity index (χ3v) is 4.25. The number of sulfone groups is 1. The summed E-state index contributed by atoms with van der Waals surface area (Å²) in [7, 11) is -3.09. The molecule has 1 rings (SSSR count). The SMILES string of the molecule is Cc1cccc([C@@H](N)[C@H](C)S(C)(=O)=O)c1. The summed E-state index contributed by atoms with van der Waals surface area (Å²) in [5.74, 6) is 0. The van der Waals surface area contributed by atoms with Crippen LogP contribution in [0.3, 0.4) is 0 Å². The molecule has 0 radical (unpaired) electrons. The van der Waals surface area contributed by atoms with Gasteiger partial charge in [0.2, 0.25) is 0 Å². The molecule has 84 valence electrons. The number of benzene rings is 1. The van der Waals surface area contributed by atoms with E-state index >= 15 is 0 Å². The van der Waals surface area contributed by atoms with Gasteiger partial charge in [-0.25, -0.2) is 8.42 Å². The molecule has 1 aromatic carbocycles. The zero-order chi connectivity index (χ0) is 11.6. The fourth-order valence-electron chi connectivity index (χ4n) is 1.41. The molecule has 0 saturated carbocycles. The van der Waals surface area contributed by atoms with Crippen molar-refractivity contribution in [3.8, 4) is 0 Å². The van der Waals surface area contributed by atoms with Gasteiger partial charge in [-0.15, -0.1) is 0 Å². The lowest BCUT2D eigenvalue weighted by Gasteiger charge is -2.18. The first kappa shape index (κ1) is 12.2. The van der Waals surface area contributed by atoms with Crippen molar-refractivity contribution in [2.24, 2.45) is 5.73 Å². The predicted molar refractivity (Wildman–Crippen MR) is 62.4 cm³/mol. The van der Waals surface area contributed by atoms with Crippen LogP contribution in [0.2, 0.25) is 0 Å². The molecule has 0 aromatic heterocycles. The highest BCUT2D eigenvalue weighted by Gasteiger charge is 2.23. The minimum Gasteiger partial charge on any atom is -0.323 e. The van der Waals surface area contributed by atoms with Gasteiger partial charge in [0.1, 0.15) is 0 Å². The molecule has 0 saturated heterocycles. The molecule has 0 amide bonds. The van der Waals surface area contributed by atoms with Crippen LogP contribution < -0.4 is 5.73 Å². The molecule has 1 aromatic rings. The lowest BCUT2D eigenvalue weighted by molar-refractivity contribution is 0.570. The third kappa shape index (κ3) is 3.04. The Labute approximate surface area is 91.2 Å². The van der Waals surface area contributed by atoms with Crippen molar-refractivity contribution >= 4 is 9.84 Å². The Hall–Kier alpha value is -0.870. The molecule has 2 atom stereocenters. The van der Waals surface area contributed by atoms with E-state index in [4.69, 9.17) is 5.73 Å². The molecular formula is C11H17NO2S. The van der Waals surface area contributed by atoms with Crippen molar-refractivity contribution in [2.75, 3.05) is 6.26 Å². The summed E-state index contributed by atoms with van der Waals surface area (Å²) in [5.41, 5.74) is 7.87. The fraction of sp³-hybridized carbons (Fsp3) is 0.455. The Kier molecular flexibility index (Phi) is 3.52. The number of nitrogens with two attached hydrogens (primary N) is 1. The summed E-state index contributed by atoms with van der Waals surface area (Å²) >= 11 is 0. The summed E-state index contributed by atoms with van der Waals surface area (Å²) in [5, 5.41) is -0.556. The molecule has 0 heterocycles. The van der Waals surface area contributed by atoms with Gasteiger partial charge in [-0.05, 0) is 19.4 Å². The molecule has 0 aliphatic carbocycles. The number of hydrogen-bond donors (Lipinski definition) is 1. The van der Waals surface area contributed by atoms with Crippen LogP contribution in [-0.4, -0.2) is 19.9 Å². The van der Waals surface area contributed by atoms with E-state index in [1.165, 1.54) is 6.26 Å². The van der Waals surface area contributed by atoms with Gasteiger partial charge in [-0.1, -0.05) is 29.8 Å². The Morgan fingerprint density at radius 2 is 1.93 bits per heavy atom. The van der Waals surface area contributed by atoms with E-state index in [-0.39, 0.29) is 0 Å². The average molecular weight is 227 g/mol. The molecule has 15 heavy (non-hydrogen) atoms. The Balaban J connectivity index is 3.00. The van der Waals surface area contributed by atoms with Gasteiger partial charge >= 0.3 is 0 Å². The van der Waals surface area contributed by atoms with Crippen LogP contribution in [0, 0.1) is 6.92 Å². The summed E-state index contributed by atoms with van der Waals surface area (Å²) in [6.45, 7) is 3.60. The minimum atomic E-state index is -3.09. The molecule has 0 aliphatic heterocycles. The second-order valence-electron chi connectivity index (χ2n) is 3.97. The number of rotatable bonds is 3. The lowest BCUT2D eigenvalue weighted by Crippen LogP contribution is -2.30. The minimum absolute atomic E-state index is 0.458. The quantitative estimate of drug-likeness (QED) is 0.849. The second kappa shape index (κ2) is 4.33. The Bertz CT molecular complexity index is 440. The Morgan fingerprint density at radius 1 is 1.33 bits per heavy atom. The zero-order valence-electron chi connectivity index (χ0n) is 9.27. The van der Waals surface area contributed by atoms with E-state index in [0.29, 0.717) is 0 Å². The summed E-state index contributed by atoms with van der Waals surface area (Å²) in [6, 6.07) is 7.17. The van der Waals surface area contributed by atoms with Crippen molar-refractivity contribution in [2.45, 2.75) is 25.1 Å². The van der Waals surface area contributed by atoms with Gasteiger partial charge in [0.15, 0.2) is 9.84 Å². The third-order valence-electron chi connectivity index (χ3n) is 2.61.